The van der Waals surface area contributed by atoms with Crippen LogP contribution in [0.4, 0.5) is 5.13 Å². The first-order valence-electron chi connectivity index (χ1n) is 7.24. The number of benzene rings is 1. The van der Waals surface area contributed by atoms with Crippen molar-refractivity contribution in [3.8, 4) is 0 Å². The molecule has 1 aromatic heterocycles. The summed E-state index contributed by atoms with van der Waals surface area (Å²) in [7, 11) is 0. The van der Waals surface area contributed by atoms with Gasteiger partial charge in [-0.3, -0.25) is 19.3 Å². The van der Waals surface area contributed by atoms with Crippen LogP contribution in [0.25, 0.3) is 0 Å². The van der Waals surface area contributed by atoms with Crippen LogP contribution < -0.4 is 5.32 Å². The normalized spacial score (nSPS) is 13.3. The van der Waals surface area contributed by atoms with Gasteiger partial charge in [0.2, 0.25) is 5.91 Å². The van der Waals surface area contributed by atoms with Crippen LogP contribution in [0.1, 0.15) is 38.4 Å². The van der Waals surface area contributed by atoms with Crippen LogP contribution in [-0.4, -0.2) is 34.2 Å². The van der Waals surface area contributed by atoms with Gasteiger partial charge in [0, 0.05) is 24.0 Å². The molecule has 0 fully saturated rings. The number of nitrogens with one attached hydrogen (secondary N) is 1. The maximum absolute atomic E-state index is 12.2. The maximum Gasteiger partial charge on any atom is 0.261 e. The fraction of sp³-hybridized carbons (Fsp3) is 0.250. The number of carbonyl (C=O) groups is 3. The number of aryl methyl sites for hydroxylation is 1. The maximum atomic E-state index is 12.2. The van der Waals surface area contributed by atoms with Crippen molar-refractivity contribution in [3.05, 3.63) is 46.5 Å². The Balaban J connectivity index is 1.52. The first kappa shape index (κ1) is 15.4. The standard InChI is InChI=1S/C16H15N3O3S/c1-10-9-17-16(23-10)18-13(20)7-4-8-19-14(21)11-5-2-3-6-12(11)15(19)22/h2-3,5-6,9H,4,7-8H2,1H3,(H,17,18,20). The molecule has 3 rings (SSSR count). The van der Waals surface area contributed by atoms with Gasteiger partial charge in [0.25, 0.3) is 11.8 Å². The van der Waals surface area contributed by atoms with Gasteiger partial charge >= 0.3 is 0 Å². The summed E-state index contributed by atoms with van der Waals surface area (Å²) in [6, 6.07) is 6.76. The minimum Gasteiger partial charge on any atom is -0.302 e. The molecular formula is C16H15N3O3S. The van der Waals surface area contributed by atoms with E-state index >= 15 is 0 Å². The van der Waals surface area contributed by atoms with E-state index in [9.17, 15) is 14.4 Å². The van der Waals surface area contributed by atoms with Crippen LogP contribution in [0.5, 0.6) is 0 Å². The Labute approximate surface area is 137 Å². The summed E-state index contributed by atoms with van der Waals surface area (Å²) in [4.78, 5) is 42.5. The molecule has 23 heavy (non-hydrogen) atoms. The molecule has 6 nitrogen and oxygen atoms in total. The van der Waals surface area contributed by atoms with E-state index in [1.54, 1.807) is 30.5 Å². The lowest BCUT2D eigenvalue weighted by atomic mass is 10.1. The molecule has 7 heteroatoms. The van der Waals surface area contributed by atoms with Gasteiger partial charge < -0.3 is 5.32 Å². The van der Waals surface area contributed by atoms with Crippen molar-refractivity contribution < 1.29 is 14.4 Å². The molecule has 0 bridgehead atoms. The quantitative estimate of drug-likeness (QED) is 0.855. The molecule has 0 saturated carbocycles. The summed E-state index contributed by atoms with van der Waals surface area (Å²) in [6.07, 6.45) is 2.34. The van der Waals surface area contributed by atoms with Gasteiger partial charge in [-0.1, -0.05) is 12.1 Å². The van der Waals surface area contributed by atoms with Gasteiger partial charge in [0.1, 0.15) is 0 Å². The van der Waals surface area contributed by atoms with Gasteiger partial charge in [-0.25, -0.2) is 4.98 Å². The van der Waals surface area contributed by atoms with Crippen molar-refractivity contribution in [2.75, 3.05) is 11.9 Å². The van der Waals surface area contributed by atoms with E-state index in [0.29, 0.717) is 22.7 Å². The number of hydrogen-bond acceptors (Lipinski definition) is 5. The number of amides is 3. The Morgan fingerprint density at radius 3 is 2.43 bits per heavy atom. The van der Waals surface area contributed by atoms with Crippen LogP contribution >= 0.6 is 11.3 Å². The molecule has 1 N–H and O–H groups in total. The Morgan fingerprint density at radius 2 is 1.87 bits per heavy atom. The van der Waals surface area contributed by atoms with Crippen molar-refractivity contribution >= 4 is 34.2 Å². The van der Waals surface area contributed by atoms with Crippen molar-refractivity contribution in [2.45, 2.75) is 19.8 Å². The smallest absolute Gasteiger partial charge is 0.261 e. The fourth-order valence-corrected chi connectivity index (χ4v) is 3.11. The number of aromatic nitrogens is 1. The molecule has 3 amide bonds. The van der Waals surface area contributed by atoms with E-state index in [1.807, 2.05) is 6.92 Å². The van der Waals surface area contributed by atoms with Crippen molar-refractivity contribution in [1.82, 2.24) is 9.88 Å². The van der Waals surface area contributed by atoms with Gasteiger partial charge in [-0.15, -0.1) is 11.3 Å². The molecule has 1 aliphatic rings. The summed E-state index contributed by atoms with van der Waals surface area (Å²) < 4.78 is 0. The second-order valence-corrected chi connectivity index (χ2v) is 6.47. The van der Waals surface area contributed by atoms with Gasteiger partial charge in [0.05, 0.1) is 11.1 Å². The number of fused-ring (bicyclic) bond motifs is 1. The summed E-state index contributed by atoms with van der Waals surface area (Å²) >= 11 is 1.41. The van der Waals surface area contributed by atoms with Crippen molar-refractivity contribution in [2.24, 2.45) is 0 Å². The third-order valence-electron chi connectivity index (χ3n) is 3.53. The monoisotopic (exact) mass is 329 g/mol. The average Bonchev–Trinajstić information content (AvgIpc) is 3.04. The van der Waals surface area contributed by atoms with E-state index in [-0.39, 0.29) is 30.7 Å². The molecule has 0 atom stereocenters. The molecule has 118 valence electrons. The Bertz CT molecular complexity index is 749. The van der Waals surface area contributed by atoms with Crippen LogP contribution in [0.3, 0.4) is 0 Å². The molecule has 1 aliphatic heterocycles. The number of carbonyl (C=O) groups excluding carboxylic acids is 3. The highest BCUT2D eigenvalue weighted by Gasteiger charge is 2.34. The van der Waals surface area contributed by atoms with Crippen LogP contribution in [0.2, 0.25) is 0 Å². The topological polar surface area (TPSA) is 79.4 Å². The van der Waals surface area contributed by atoms with Crippen molar-refractivity contribution in [3.63, 3.8) is 0 Å². The molecule has 1 aromatic carbocycles. The van der Waals surface area contributed by atoms with Crippen LogP contribution in [0.15, 0.2) is 30.5 Å². The van der Waals surface area contributed by atoms with E-state index in [4.69, 9.17) is 0 Å². The number of anilines is 1. The second kappa shape index (κ2) is 6.29. The highest BCUT2D eigenvalue weighted by molar-refractivity contribution is 7.15. The molecule has 0 saturated heterocycles. The lowest BCUT2D eigenvalue weighted by Gasteiger charge is -2.13. The summed E-state index contributed by atoms with van der Waals surface area (Å²) in [5, 5.41) is 3.27. The lowest BCUT2D eigenvalue weighted by molar-refractivity contribution is -0.116. The van der Waals surface area contributed by atoms with Gasteiger partial charge in [-0.05, 0) is 25.5 Å². The minimum absolute atomic E-state index is 0.170. The fourth-order valence-electron chi connectivity index (χ4n) is 2.43. The highest BCUT2D eigenvalue weighted by atomic mass is 32.1. The summed E-state index contributed by atoms with van der Waals surface area (Å²) in [5.41, 5.74) is 0.862. The molecule has 0 radical (unpaired) electrons. The first-order valence-corrected chi connectivity index (χ1v) is 8.05. The first-order chi connectivity index (χ1) is 11.1. The third kappa shape index (κ3) is 3.14. The van der Waals surface area contributed by atoms with Gasteiger partial charge in [-0.2, -0.15) is 0 Å². The molecule has 0 aliphatic carbocycles. The molecule has 0 unspecified atom stereocenters. The van der Waals surface area contributed by atoms with E-state index < -0.39 is 0 Å². The van der Waals surface area contributed by atoms with E-state index in [1.165, 1.54) is 16.2 Å². The van der Waals surface area contributed by atoms with E-state index in [2.05, 4.69) is 10.3 Å². The van der Waals surface area contributed by atoms with Crippen molar-refractivity contribution in [1.29, 1.82) is 0 Å². The molecule has 0 spiro atoms. The minimum atomic E-state index is -0.290. The Morgan fingerprint density at radius 1 is 1.22 bits per heavy atom. The number of hydrogen-bond donors (Lipinski definition) is 1. The Kier molecular flexibility index (Phi) is 4.20. The molecule has 2 aromatic rings. The zero-order valence-corrected chi connectivity index (χ0v) is 13.4. The third-order valence-corrected chi connectivity index (χ3v) is 4.36. The van der Waals surface area contributed by atoms with Gasteiger partial charge in [0.15, 0.2) is 5.13 Å². The second-order valence-electron chi connectivity index (χ2n) is 5.24. The highest BCUT2D eigenvalue weighted by Crippen LogP contribution is 2.22. The summed E-state index contributed by atoms with van der Waals surface area (Å²) in [6.45, 7) is 2.15. The van der Waals surface area contributed by atoms with Crippen LogP contribution in [0, 0.1) is 6.92 Å². The lowest BCUT2D eigenvalue weighted by Crippen LogP contribution is -2.31. The average molecular weight is 329 g/mol. The SMILES string of the molecule is Cc1cnc(NC(=O)CCCN2C(=O)c3ccccc3C2=O)s1. The van der Waals surface area contributed by atoms with E-state index in [0.717, 1.165) is 4.88 Å². The Hall–Kier alpha value is -2.54. The number of rotatable bonds is 5. The molecular weight excluding hydrogens is 314 g/mol. The zero-order valence-electron chi connectivity index (χ0n) is 12.5. The predicted octanol–water partition coefficient (Wildman–Crippen LogP) is 2.47. The number of imide groups is 1. The summed E-state index contributed by atoms with van der Waals surface area (Å²) in [5.74, 6) is -0.751. The number of thiazole rings is 1. The predicted molar refractivity (Wildman–Crippen MR) is 86.5 cm³/mol. The molecule has 2 heterocycles. The largest absolute Gasteiger partial charge is 0.302 e. The zero-order chi connectivity index (χ0) is 16.4. The number of nitrogens with zero attached hydrogens (tertiary/aromatic N) is 2. The van der Waals surface area contributed by atoms with Crippen LogP contribution in [-0.2, 0) is 4.79 Å².